The first-order chi connectivity index (χ1) is 21.8. The summed E-state index contributed by atoms with van der Waals surface area (Å²) in [5.41, 5.74) is 10.1. The molecular formula is C21H28N10O13P2. The Kier molecular flexibility index (Phi) is 8.58. The Morgan fingerprint density at radius 3 is 1.87 bits per heavy atom. The van der Waals surface area contributed by atoms with Gasteiger partial charge in [-0.2, -0.15) is 9.97 Å². The number of nitrogens with two attached hydrogens (primary N) is 2. The number of rotatable bonds is 11. The third kappa shape index (κ3) is 6.35. The van der Waals surface area contributed by atoms with E-state index in [1.165, 1.54) is 21.8 Å². The number of phosphoric acid groups is 2. The van der Waals surface area contributed by atoms with Crippen LogP contribution in [0.2, 0.25) is 0 Å². The zero-order valence-electron chi connectivity index (χ0n) is 23.6. The van der Waals surface area contributed by atoms with Gasteiger partial charge >= 0.3 is 15.6 Å². The molecule has 2 saturated heterocycles. The quantitative estimate of drug-likeness (QED) is 0.0891. The third-order valence-corrected chi connectivity index (χ3v) is 9.24. The standard InChI is InChI=1S/C21H28N10O13P2/c1-39-45(35,36)43-9-3-13(31-7-25-15-17(31)27-21(23)29-19(15)34)42-11(9)5-40-46(37,38)44-8-2-12(41-10(8)4-32)30-6-24-14-16(30)26-20(22)28-18(14)33/h6-13,32H,2-5H2,1H3,(H,35,36)(H,37,38)(H3,22,26,28,33)(H3,23,27,29,34)/t8?,9?,10-,11-,12-,13-/m1/s1. The first-order valence-electron chi connectivity index (χ1n) is 13.4. The van der Waals surface area contributed by atoms with Crippen molar-refractivity contribution in [3.8, 4) is 0 Å². The molecule has 4 unspecified atom stereocenters. The monoisotopic (exact) mass is 690 g/mol. The summed E-state index contributed by atoms with van der Waals surface area (Å²) >= 11 is 0. The predicted octanol–water partition coefficient (Wildman–Crippen LogP) is -1.38. The molecule has 23 nitrogen and oxygen atoms in total. The number of anilines is 2. The van der Waals surface area contributed by atoms with E-state index in [0.29, 0.717) is 0 Å². The number of nitrogen functional groups attached to an aromatic ring is 2. The molecule has 0 spiro atoms. The van der Waals surface area contributed by atoms with Crippen LogP contribution in [-0.2, 0) is 36.7 Å². The van der Waals surface area contributed by atoms with Crippen LogP contribution in [-0.4, -0.2) is 98.7 Å². The molecular weight excluding hydrogens is 662 g/mol. The van der Waals surface area contributed by atoms with Crippen molar-refractivity contribution < 1.29 is 51.6 Å². The van der Waals surface area contributed by atoms with E-state index in [2.05, 4.69) is 34.4 Å². The highest BCUT2D eigenvalue weighted by Gasteiger charge is 2.45. The Morgan fingerprint density at radius 1 is 0.891 bits per heavy atom. The van der Waals surface area contributed by atoms with Gasteiger partial charge in [0.1, 0.15) is 36.9 Å². The Morgan fingerprint density at radius 2 is 1.37 bits per heavy atom. The predicted molar refractivity (Wildman–Crippen MR) is 152 cm³/mol. The van der Waals surface area contributed by atoms with Crippen LogP contribution in [0, 0.1) is 0 Å². The minimum absolute atomic E-state index is 0.0267. The van der Waals surface area contributed by atoms with E-state index < -0.39 is 76.8 Å². The lowest BCUT2D eigenvalue weighted by Crippen LogP contribution is -2.30. The van der Waals surface area contributed by atoms with Gasteiger partial charge in [0, 0.05) is 20.0 Å². The minimum Gasteiger partial charge on any atom is -0.394 e. The molecule has 0 radical (unpaired) electrons. The van der Waals surface area contributed by atoms with E-state index in [-0.39, 0.29) is 47.1 Å². The molecule has 250 valence electrons. The molecule has 4 aromatic heterocycles. The molecule has 0 aromatic carbocycles. The van der Waals surface area contributed by atoms with E-state index in [1.807, 2.05) is 0 Å². The molecule has 6 rings (SSSR count). The Balaban J connectivity index is 1.17. The molecule has 0 amide bonds. The number of fused-ring (bicyclic) bond motifs is 2. The van der Waals surface area contributed by atoms with Crippen molar-refractivity contribution in [3.63, 3.8) is 0 Å². The van der Waals surface area contributed by atoms with Gasteiger partial charge in [0.25, 0.3) is 11.1 Å². The highest BCUT2D eigenvalue weighted by atomic mass is 31.2. The molecule has 2 fully saturated rings. The van der Waals surface area contributed by atoms with Crippen LogP contribution in [0.5, 0.6) is 0 Å². The van der Waals surface area contributed by atoms with Gasteiger partial charge in [0.15, 0.2) is 22.3 Å². The van der Waals surface area contributed by atoms with Crippen molar-refractivity contribution in [2.24, 2.45) is 0 Å². The first-order valence-corrected chi connectivity index (χ1v) is 16.4. The number of aliphatic hydroxyl groups excluding tert-OH is 1. The number of H-pyrrole nitrogens is 2. The lowest BCUT2D eigenvalue weighted by molar-refractivity contribution is -0.0552. The molecule has 8 atom stereocenters. The molecule has 25 heteroatoms. The molecule has 2 aliphatic heterocycles. The topological polar surface area (TPSA) is 329 Å². The maximum absolute atomic E-state index is 13.1. The van der Waals surface area contributed by atoms with Gasteiger partial charge in [0.05, 0.1) is 25.9 Å². The third-order valence-electron chi connectivity index (χ3n) is 7.23. The van der Waals surface area contributed by atoms with Crippen molar-refractivity contribution in [3.05, 3.63) is 33.4 Å². The number of imidazole rings is 2. The highest BCUT2D eigenvalue weighted by Crippen LogP contribution is 2.51. The van der Waals surface area contributed by atoms with Crippen molar-refractivity contribution in [2.45, 2.75) is 49.7 Å². The number of aromatic amines is 2. The number of ether oxygens (including phenoxy) is 2. The van der Waals surface area contributed by atoms with Gasteiger partial charge in [-0.3, -0.25) is 46.8 Å². The van der Waals surface area contributed by atoms with Crippen molar-refractivity contribution >= 4 is 49.9 Å². The van der Waals surface area contributed by atoms with E-state index in [0.717, 1.165) is 7.11 Å². The van der Waals surface area contributed by atoms with Crippen LogP contribution in [0.15, 0.2) is 22.2 Å². The summed E-state index contributed by atoms with van der Waals surface area (Å²) < 4.78 is 60.0. The molecule has 4 aromatic rings. The molecule has 9 N–H and O–H groups in total. The van der Waals surface area contributed by atoms with E-state index in [4.69, 9.17) is 34.5 Å². The summed E-state index contributed by atoms with van der Waals surface area (Å²) in [7, 11) is -8.56. The maximum Gasteiger partial charge on any atom is 0.472 e. The minimum atomic E-state index is -4.93. The van der Waals surface area contributed by atoms with Gasteiger partial charge < -0.3 is 35.8 Å². The normalized spacial score (nSPS) is 27.7. The molecule has 0 saturated carbocycles. The van der Waals surface area contributed by atoms with Crippen LogP contribution in [0.25, 0.3) is 22.3 Å². The fraction of sp³-hybridized carbons (Fsp3) is 0.524. The summed E-state index contributed by atoms with van der Waals surface area (Å²) in [6.07, 6.45) is -4.45. The molecule has 6 heterocycles. The van der Waals surface area contributed by atoms with Gasteiger partial charge in [-0.25, -0.2) is 19.1 Å². The number of phosphoric ester groups is 2. The Labute approximate surface area is 255 Å². The Hall–Kier alpha value is -3.60. The zero-order valence-corrected chi connectivity index (χ0v) is 25.4. The molecule has 46 heavy (non-hydrogen) atoms. The second kappa shape index (κ2) is 12.2. The summed E-state index contributed by atoms with van der Waals surface area (Å²) in [6, 6.07) is 0. The maximum atomic E-state index is 13.1. The van der Waals surface area contributed by atoms with Gasteiger partial charge in [-0.15, -0.1) is 0 Å². The first kappa shape index (κ1) is 32.3. The van der Waals surface area contributed by atoms with Crippen LogP contribution < -0.4 is 22.6 Å². The largest absolute Gasteiger partial charge is 0.472 e. The van der Waals surface area contributed by atoms with E-state index in [1.54, 1.807) is 0 Å². The second-order valence-corrected chi connectivity index (χ2v) is 13.1. The average Bonchev–Trinajstić information content (AvgIpc) is 3.76. The number of nitrogens with zero attached hydrogens (tertiary/aromatic N) is 6. The lowest BCUT2D eigenvalue weighted by atomic mass is 10.2. The number of hydrogen-bond acceptors (Lipinski definition) is 17. The summed E-state index contributed by atoms with van der Waals surface area (Å²) in [5, 5.41) is 9.87. The van der Waals surface area contributed by atoms with Gasteiger partial charge in [0.2, 0.25) is 11.9 Å². The molecule has 2 aliphatic rings. The van der Waals surface area contributed by atoms with Crippen molar-refractivity contribution in [2.75, 3.05) is 31.8 Å². The number of aromatic nitrogens is 8. The fourth-order valence-electron chi connectivity index (χ4n) is 5.17. The molecule has 0 bridgehead atoms. The van der Waals surface area contributed by atoms with Crippen LogP contribution >= 0.6 is 15.6 Å². The average molecular weight is 690 g/mol. The van der Waals surface area contributed by atoms with Gasteiger partial charge in [-0.05, 0) is 0 Å². The van der Waals surface area contributed by atoms with Crippen molar-refractivity contribution in [1.29, 1.82) is 0 Å². The summed E-state index contributed by atoms with van der Waals surface area (Å²) in [6.45, 7) is -1.31. The van der Waals surface area contributed by atoms with E-state index >= 15 is 0 Å². The SMILES string of the molecule is COP(=O)(O)OC1C[C@H](n2cnc3c(=O)[nH]c(N)nc32)O[C@@H]1COP(=O)(O)OC1C[C@H](n2cnc3c(=O)[nH]c(N)nc32)O[C@@H]1CO. The van der Waals surface area contributed by atoms with Gasteiger partial charge in [-0.1, -0.05) is 0 Å². The Bertz CT molecular complexity index is 1980. The number of hydrogen-bond donors (Lipinski definition) is 7. The number of aliphatic hydroxyl groups is 1. The fourth-order valence-corrected chi connectivity index (χ4v) is 6.78. The summed E-state index contributed by atoms with van der Waals surface area (Å²) in [4.78, 5) is 65.7. The van der Waals surface area contributed by atoms with Crippen LogP contribution in [0.4, 0.5) is 11.9 Å². The number of nitrogens with one attached hydrogen (secondary N) is 2. The summed E-state index contributed by atoms with van der Waals surface area (Å²) in [5.74, 6) is -0.369. The smallest absolute Gasteiger partial charge is 0.394 e. The molecule has 0 aliphatic carbocycles. The van der Waals surface area contributed by atoms with Crippen LogP contribution in [0.3, 0.4) is 0 Å². The van der Waals surface area contributed by atoms with Crippen molar-refractivity contribution in [1.82, 2.24) is 39.0 Å². The highest BCUT2D eigenvalue weighted by molar-refractivity contribution is 7.47. The zero-order chi connectivity index (χ0) is 33.0. The van der Waals surface area contributed by atoms with E-state index in [9.17, 15) is 33.6 Å². The second-order valence-electron chi connectivity index (χ2n) is 10.2. The van der Waals surface area contributed by atoms with Crippen LogP contribution in [0.1, 0.15) is 25.3 Å². The lowest BCUT2D eigenvalue weighted by Gasteiger charge is -2.23.